The van der Waals surface area contributed by atoms with Crippen molar-refractivity contribution in [2.24, 2.45) is 0 Å². The van der Waals surface area contributed by atoms with E-state index in [1.54, 1.807) is 18.2 Å². The fraction of sp³-hybridized carbons (Fsp3) is 0.286. The molecule has 0 aliphatic rings. The number of halogens is 1. The average molecular weight is 338 g/mol. The summed E-state index contributed by atoms with van der Waals surface area (Å²) in [5.41, 5.74) is 7.43. The predicted octanol–water partition coefficient (Wildman–Crippen LogP) is 3.33. The van der Waals surface area contributed by atoms with E-state index in [0.717, 1.165) is 5.69 Å². The zero-order valence-electron chi connectivity index (χ0n) is 11.5. The predicted molar refractivity (Wildman–Crippen MR) is 81.9 cm³/mol. The van der Waals surface area contributed by atoms with Gasteiger partial charge in [0.05, 0.1) is 17.3 Å². The summed E-state index contributed by atoms with van der Waals surface area (Å²) in [5.74, 6) is 1.52. The molecule has 0 spiro atoms. The van der Waals surface area contributed by atoms with Gasteiger partial charge in [0.15, 0.2) is 17.3 Å². The van der Waals surface area contributed by atoms with E-state index in [2.05, 4.69) is 25.9 Å². The summed E-state index contributed by atoms with van der Waals surface area (Å²) < 4.78 is 5.73. The normalized spacial score (nSPS) is 10.8. The maximum atomic E-state index is 9.83. The molecule has 2 rings (SSSR count). The second kappa shape index (κ2) is 5.66. The lowest BCUT2D eigenvalue weighted by molar-refractivity contribution is 0.373. The van der Waals surface area contributed by atoms with Crippen molar-refractivity contribution in [1.82, 2.24) is 9.97 Å². The number of aromatic nitrogens is 2. The Morgan fingerprint density at radius 2 is 2.00 bits per heavy atom. The van der Waals surface area contributed by atoms with Crippen molar-refractivity contribution < 1.29 is 9.84 Å². The van der Waals surface area contributed by atoms with Gasteiger partial charge in [-0.15, -0.1) is 0 Å². The second-order valence-electron chi connectivity index (χ2n) is 4.67. The van der Waals surface area contributed by atoms with Gasteiger partial charge in [0.1, 0.15) is 5.82 Å². The molecule has 106 valence electrons. The van der Waals surface area contributed by atoms with Crippen LogP contribution in [0.4, 0.5) is 5.82 Å². The van der Waals surface area contributed by atoms with Crippen molar-refractivity contribution in [3.63, 3.8) is 0 Å². The maximum absolute atomic E-state index is 9.83. The topological polar surface area (TPSA) is 81.3 Å². The average Bonchev–Trinajstić information content (AvgIpc) is 2.41. The van der Waals surface area contributed by atoms with Crippen LogP contribution in [0, 0.1) is 0 Å². The molecule has 6 heteroatoms. The highest BCUT2D eigenvalue weighted by atomic mass is 79.9. The Hall–Kier alpha value is -1.82. The van der Waals surface area contributed by atoms with Gasteiger partial charge < -0.3 is 15.6 Å². The number of hydrogen-bond donors (Lipinski definition) is 2. The molecular weight excluding hydrogens is 322 g/mol. The van der Waals surface area contributed by atoms with Gasteiger partial charge in [-0.25, -0.2) is 9.97 Å². The van der Waals surface area contributed by atoms with Gasteiger partial charge in [-0.1, -0.05) is 13.8 Å². The van der Waals surface area contributed by atoms with Crippen LogP contribution < -0.4 is 10.5 Å². The van der Waals surface area contributed by atoms with Gasteiger partial charge in [-0.3, -0.25) is 0 Å². The zero-order chi connectivity index (χ0) is 14.9. The van der Waals surface area contributed by atoms with E-state index in [-0.39, 0.29) is 11.7 Å². The van der Waals surface area contributed by atoms with Crippen molar-refractivity contribution in [2.45, 2.75) is 19.8 Å². The Bertz CT molecular complexity index is 645. The van der Waals surface area contributed by atoms with Gasteiger partial charge in [0, 0.05) is 5.56 Å². The first-order valence-corrected chi connectivity index (χ1v) is 6.93. The van der Waals surface area contributed by atoms with Crippen LogP contribution in [-0.2, 0) is 0 Å². The molecule has 1 aromatic carbocycles. The monoisotopic (exact) mass is 337 g/mol. The summed E-state index contributed by atoms with van der Waals surface area (Å²) in [6.07, 6.45) is 0. The second-order valence-corrected chi connectivity index (χ2v) is 5.47. The number of phenols is 1. The highest BCUT2D eigenvalue weighted by Crippen LogP contribution is 2.33. The Morgan fingerprint density at radius 3 is 2.55 bits per heavy atom. The Balaban J connectivity index is 2.55. The number of methoxy groups -OCH3 is 1. The number of nitrogen functional groups attached to an aromatic ring is 1. The molecule has 0 aliphatic heterocycles. The molecule has 1 heterocycles. The number of nitrogens with two attached hydrogens (primary N) is 1. The zero-order valence-corrected chi connectivity index (χ0v) is 13.1. The van der Waals surface area contributed by atoms with Crippen LogP contribution in [0.3, 0.4) is 0 Å². The number of benzene rings is 1. The number of anilines is 1. The molecule has 0 atom stereocenters. The van der Waals surface area contributed by atoms with Crippen LogP contribution in [0.25, 0.3) is 11.4 Å². The van der Waals surface area contributed by atoms with E-state index >= 15 is 0 Å². The number of aromatic hydroxyl groups is 1. The smallest absolute Gasteiger partial charge is 0.161 e. The largest absolute Gasteiger partial charge is 0.504 e. The highest BCUT2D eigenvalue weighted by Gasteiger charge is 2.15. The summed E-state index contributed by atoms with van der Waals surface area (Å²) in [5, 5.41) is 9.83. The fourth-order valence-electron chi connectivity index (χ4n) is 1.82. The van der Waals surface area contributed by atoms with Crippen LogP contribution >= 0.6 is 15.9 Å². The first-order valence-electron chi connectivity index (χ1n) is 6.14. The molecule has 1 aromatic heterocycles. The molecule has 5 nitrogen and oxygen atoms in total. The lowest BCUT2D eigenvalue weighted by Gasteiger charge is -2.12. The number of hydrogen-bond acceptors (Lipinski definition) is 5. The molecule has 0 radical (unpaired) electrons. The van der Waals surface area contributed by atoms with E-state index < -0.39 is 0 Å². The number of ether oxygens (including phenoxy) is 1. The minimum absolute atomic E-state index is 0.0428. The third kappa shape index (κ3) is 2.70. The summed E-state index contributed by atoms with van der Waals surface area (Å²) >= 11 is 3.41. The van der Waals surface area contributed by atoms with Crippen LogP contribution in [-0.4, -0.2) is 22.2 Å². The van der Waals surface area contributed by atoms with Crippen LogP contribution in [0.5, 0.6) is 11.5 Å². The molecule has 0 saturated carbocycles. The van der Waals surface area contributed by atoms with E-state index in [9.17, 15) is 5.11 Å². The SMILES string of the molecule is COc1ccc(-c2nc(N)c(Br)c(C(C)C)n2)cc1O. The molecule has 0 fully saturated rings. The minimum atomic E-state index is 0.0428. The van der Waals surface area contributed by atoms with Crippen molar-refractivity contribution in [3.8, 4) is 22.9 Å². The van der Waals surface area contributed by atoms with Crippen LogP contribution in [0.1, 0.15) is 25.5 Å². The van der Waals surface area contributed by atoms with Crippen molar-refractivity contribution in [1.29, 1.82) is 0 Å². The molecule has 0 bridgehead atoms. The standard InChI is InChI=1S/C14H16BrN3O2/c1-7(2)12-11(15)13(16)18-14(17-12)8-4-5-10(20-3)9(19)6-8/h4-7,19H,1-3H3,(H2,16,17,18). The maximum Gasteiger partial charge on any atom is 0.161 e. The fourth-order valence-corrected chi connectivity index (χ4v) is 2.46. The third-order valence-electron chi connectivity index (χ3n) is 2.89. The van der Waals surface area contributed by atoms with Crippen molar-refractivity contribution >= 4 is 21.7 Å². The molecule has 3 N–H and O–H groups in total. The van der Waals surface area contributed by atoms with E-state index in [1.165, 1.54) is 7.11 Å². The first kappa shape index (κ1) is 14.6. The molecule has 2 aromatic rings. The molecule has 0 amide bonds. The van der Waals surface area contributed by atoms with Gasteiger partial charge in [0.2, 0.25) is 0 Å². The molecule has 0 saturated heterocycles. The van der Waals surface area contributed by atoms with Crippen molar-refractivity contribution in [3.05, 3.63) is 28.4 Å². The van der Waals surface area contributed by atoms with Gasteiger partial charge in [-0.05, 0) is 40.0 Å². The minimum Gasteiger partial charge on any atom is -0.504 e. The Labute approximate surface area is 126 Å². The summed E-state index contributed by atoms with van der Waals surface area (Å²) in [4.78, 5) is 8.76. The number of rotatable bonds is 3. The van der Waals surface area contributed by atoms with Crippen molar-refractivity contribution in [2.75, 3.05) is 12.8 Å². The van der Waals surface area contributed by atoms with E-state index in [1.807, 2.05) is 13.8 Å². The quantitative estimate of drug-likeness (QED) is 0.897. The number of phenolic OH excluding ortho intramolecular Hbond substituents is 1. The Kier molecular flexibility index (Phi) is 4.13. The first-order chi connectivity index (χ1) is 9.43. The van der Waals surface area contributed by atoms with Gasteiger partial charge >= 0.3 is 0 Å². The highest BCUT2D eigenvalue weighted by molar-refractivity contribution is 9.10. The van der Waals surface area contributed by atoms with Crippen LogP contribution in [0.2, 0.25) is 0 Å². The molecule has 20 heavy (non-hydrogen) atoms. The number of nitrogens with zero attached hydrogens (tertiary/aromatic N) is 2. The molecule has 0 unspecified atom stereocenters. The molecular formula is C14H16BrN3O2. The van der Waals surface area contributed by atoms with E-state index in [4.69, 9.17) is 10.5 Å². The summed E-state index contributed by atoms with van der Waals surface area (Å²) in [6.45, 7) is 4.06. The lowest BCUT2D eigenvalue weighted by Crippen LogP contribution is -2.04. The van der Waals surface area contributed by atoms with E-state index in [0.29, 0.717) is 27.4 Å². The lowest BCUT2D eigenvalue weighted by atomic mass is 10.1. The third-order valence-corrected chi connectivity index (χ3v) is 3.70. The molecule has 0 aliphatic carbocycles. The van der Waals surface area contributed by atoms with Gasteiger partial charge in [0.25, 0.3) is 0 Å². The summed E-state index contributed by atoms with van der Waals surface area (Å²) in [7, 11) is 1.50. The summed E-state index contributed by atoms with van der Waals surface area (Å²) in [6, 6.07) is 5.01. The Morgan fingerprint density at radius 1 is 1.30 bits per heavy atom. The van der Waals surface area contributed by atoms with Crippen LogP contribution in [0.15, 0.2) is 22.7 Å². The van der Waals surface area contributed by atoms with Gasteiger partial charge in [-0.2, -0.15) is 0 Å².